The fourth-order valence-electron chi connectivity index (χ4n) is 8.47. The van der Waals surface area contributed by atoms with Crippen molar-refractivity contribution in [2.45, 2.75) is 316 Å². The molecule has 0 radical (unpaired) electrons. The first kappa shape index (κ1) is 63.6. The Morgan fingerprint density at radius 2 is 0.545 bits per heavy atom. The average molecular weight is 928 g/mol. The lowest BCUT2D eigenvalue weighted by atomic mass is 10.0. The van der Waals surface area contributed by atoms with E-state index in [0.717, 1.165) is 83.5 Å². The van der Waals surface area contributed by atoms with Crippen LogP contribution < -0.4 is 0 Å². The standard InChI is InChI=1S/C60H110O6/c1-4-7-10-13-16-19-22-25-28-29-30-31-33-35-38-41-44-47-50-53-59(62)65-56-57(55-64-58(61)52-49-46-43-40-37-34-27-24-21-18-15-12-9-6-3)66-60(63)54-51-48-45-42-39-36-32-26-23-20-17-14-11-8-5-2/h17,20,25-26,28,32,57H,4-16,18-19,21-24,27,29-31,33-56H2,1-3H3/b20-17-,28-25-,32-26-/t57-/m1/s1. The van der Waals surface area contributed by atoms with Crippen molar-refractivity contribution < 1.29 is 28.6 Å². The van der Waals surface area contributed by atoms with Gasteiger partial charge in [0, 0.05) is 19.3 Å². The van der Waals surface area contributed by atoms with Crippen LogP contribution in [0.1, 0.15) is 310 Å². The highest BCUT2D eigenvalue weighted by atomic mass is 16.6. The lowest BCUT2D eigenvalue weighted by Crippen LogP contribution is -2.30. The molecular weight excluding hydrogens is 817 g/mol. The molecule has 386 valence electrons. The van der Waals surface area contributed by atoms with Crippen LogP contribution >= 0.6 is 0 Å². The Hall–Kier alpha value is -2.37. The molecular formula is C60H110O6. The molecule has 0 saturated carbocycles. The fraction of sp³-hybridized carbons (Fsp3) is 0.850. The minimum absolute atomic E-state index is 0.0748. The van der Waals surface area contributed by atoms with Gasteiger partial charge < -0.3 is 14.2 Å². The molecule has 0 aliphatic carbocycles. The number of carbonyl (C=O) groups is 3. The van der Waals surface area contributed by atoms with Gasteiger partial charge in [-0.05, 0) is 77.0 Å². The first-order chi connectivity index (χ1) is 32.5. The third-order valence-electron chi connectivity index (χ3n) is 12.9. The molecule has 6 nitrogen and oxygen atoms in total. The summed E-state index contributed by atoms with van der Waals surface area (Å²) in [4.78, 5) is 38.1. The van der Waals surface area contributed by atoms with Crippen molar-refractivity contribution in [3.05, 3.63) is 36.5 Å². The summed E-state index contributed by atoms with van der Waals surface area (Å²) in [6, 6.07) is 0. The number of rotatable bonds is 53. The summed E-state index contributed by atoms with van der Waals surface area (Å²) < 4.78 is 16.9. The second-order valence-electron chi connectivity index (χ2n) is 19.6. The summed E-state index contributed by atoms with van der Waals surface area (Å²) in [6.07, 6.45) is 65.6. The van der Waals surface area contributed by atoms with E-state index in [1.807, 2.05) is 0 Å². The summed E-state index contributed by atoms with van der Waals surface area (Å²) in [5.41, 5.74) is 0. The molecule has 0 bridgehead atoms. The van der Waals surface area contributed by atoms with E-state index in [1.54, 1.807) is 0 Å². The highest BCUT2D eigenvalue weighted by molar-refractivity contribution is 5.71. The number of esters is 3. The Morgan fingerprint density at radius 3 is 0.879 bits per heavy atom. The SMILES string of the molecule is CCCCC/C=C\C/C=C\CCCCCCCC(=O)O[C@@H](COC(=O)CCCCCCCCCCC/C=C\CCCCCCCC)COC(=O)CCCCCCCCCCCCCCCC. The number of unbranched alkanes of at least 4 members (excludes halogenated alkanes) is 36. The lowest BCUT2D eigenvalue weighted by Gasteiger charge is -2.18. The van der Waals surface area contributed by atoms with E-state index in [0.29, 0.717) is 19.3 Å². The zero-order valence-corrected chi connectivity index (χ0v) is 44.2. The van der Waals surface area contributed by atoms with E-state index in [4.69, 9.17) is 14.2 Å². The molecule has 1 atom stereocenters. The van der Waals surface area contributed by atoms with E-state index < -0.39 is 6.10 Å². The second-order valence-corrected chi connectivity index (χ2v) is 19.6. The largest absolute Gasteiger partial charge is 0.462 e. The predicted octanol–water partition coefficient (Wildman–Crippen LogP) is 19.3. The Balaban J connectivity index is 4.34. The monoisotopic (exact) mass is 927 g/mol. The first-order valence-corrected chi connectivity index (χ1v) is 29.0. The minimum atomic E-state index is -0.777. The summed E-state index contributed by atoms with van der Waals surface area (Å²) in [5, 5.41) is 0. The molecule has 0 spiro atoms. The molecule has 0 amide bonds. The molecule has 0 aromatic carbocycles. The van der Waals surface area contributed by atoms with Crippen LogP contribution in [0.3, 0.4) is 0 Å². The van der Waals surface area contributed by atoms with Crippen molar-refractivity contribution in [1.82, 2.24) is 0 Å². The lowest BCUT2D eigenvalue weighted by molar-refractivity contribution is -0.167. The summed E-state index contributed by atoms with van der Waals surface area (Å²) in [5.74, 6) is -0.874. The van der Waals surface area contributed by atoms with E-state index in [9.17, 15) is 14.4 Å². The van der Waals surface area contributed by atoms with E-state index in [2.05, 4.69) is 57.2 Å². The molecule has 0 N–H and O–H groups in total. The van der Waals surface area contributed by atoms with Gasteiger partial charge in [-0.25, -0.2) is 0 Å². The molecule has 66 heavy (non-hydrogen) atoms. The number of hydrogen-bond acceptors (Lipinski definition) is 6. The quantitative estimate of drug-likeness (QED) is 0.0262. The molecule has 0 unspecified atom stereocenters. The van der Waals surface area contributed by atoms with Gasteiger partial charge in [-0.1, -0.05) is 250 Å². The van der Waals surface area contributed by atoms with Crippen molar-refractivity contribution in [3.63, 3.8) is 0 Å². The van der Waals surface area contributed by atoms with Crippen molar-refractivity contribution in [3.8, 4) is 0 Å². The molecule has 0 aliphatic rings. The van der Waals surface area contributed by atoms with Crippen LogP contribution in [0.15, 0.2) is 36.5 Å². The zero-order chi connectivity index (χ0) is 47.9. The van der Waals surface area contributed by atoms with Crippen LogP contribution in [0.4, 0.5) is 0 Å². The number of hydrogen-bond donors (Lipinski definition) is 0. The summed E-state index contributed by atoms with van der Waals surface area (Å²) in [7, 11) is 0. The highest BCUT2D eigenvalue weighted by Crippen LogP contribution is 2.16. The Bertz CT molecular complexity index is 1110. The zero-order valence-electron chi connectivity index (χ0n) is 44.2. The van der Waals surface area contributed by atoms with Gasteiger partial charge >= 0.3 is 17.9 Å². The summed E-state index contributed by atoms with van der Waals surface area (Å²) in [6.45, 7) is 6.64. The molecule has 0 aliphatic heterocycles. The van der Waals surface area contributed by atoms with Crippen LogP contribution in [0.5, 0.6) is 0 Å². The number of carbonyl (C=O) groups excluding carboxylic acids is 3. The fourth-order valence-corrected chi connectivity index (χ4v) is 8.47. The number of ether oxygens (including phenoxy) is 3. The van der Waals surface area contributed by atoms with Crippen molar-refractivity contribution >= 4 is 17.9 Å². The maximum Gasteiger partial charge on any atom is 0.306 e. The van der Waals surface area contributed by atoms with Crippen molar-refractivity contribution in [2.24, 2.45) is 0 Å². The maximum absolute atomic E-state index is 12.8. The third-order valence-corrected chi connectivity index (χ3v) is 12.9. The van der Waals surface area contributed by atoms with Crippen LogP contribution in [0.2, 0.25) is 0 Å². The number of allylic oxidation sites excluding steroid dienone is 6. The van der Waals surface area contributed by atoms with Gasteiger partial charge in [-0.3, -0.25) is 14.4 Å². The normalized spacial score (nSPS) is 12.2. The average Bonchev–Trinajstić information content (AvgIpc) is 3.31. The van der Waals surface area contributed by atoms with Gasteiger partial charge in [-0.15, -0.1) is 0 Å². The summed E-state index contributed by atoms with van der Waals surface area (Å²) >= 11 is 0. The first-order valence-electron chi connectivity index (χ1n) is 29.0. The van der Waals surface area contributed by atoms with E-state index in [-0.39, 0.29) is 31.1 Å². The molecule has 0 aromatic rings. The van der Waals surface area contributed by atoms with Gasteiger partial charge in [0.25, 0.3) is 0 Å². The second kappa shape index (κ2) is 55.2. The van der Waals surface area contributed by atoms with Gasteiger partial charge in [0.2, 0.25) is 0 Å². The minimum Gasteiger partial charge on any atom is -0.462 e. The van der Waals surface area contributed by atoms with Crippen LogP contribution in [0.25, 0.3) is 0 Å². The van der Waals surface area contributed by atoms with Gasteiger partial charge in [-0.2, -0.15) is 0 Å². The maximum atomic E-state index is 12.8. The van der Waals surface area contributed by atoms with Gasteiger partial charge in [0.1, 0.15) is 13.2 Å². The molecule has 0 rings (SSSR count). The van der Waals surface area contributed by atoms with Crippen molar-refractivity contribution in [1.29, 1.82) is 0 Å². The Morgan fingerprint density at radius 1 is 0.303 bits per heavy atom. The van der Waals surface area contributed by atoms with E-state index in [1.165, 1.54) is 186 Å². The Kier molecular flexibility index (Phi) is 53.2. The van der Waals surface area contributed by atoms with Crippen molar-refractivity contribution in [2.75, 3.05) is 13.2 Å². The molecule has 0 saturated heterocycles. The smallest absolute Gasteiger partial charge is 0.306 e. The van der Waals surface area contributed by atoms with Crippen LogP contribution in [-0.4, -0.2) is 37.2 Å². The van der Waals surface area contributed by atoms with Gasteiger partial charge in [0.15, 0.2) is 6.10 Å². The topological polar surface area (TPSA) is 78.9 Å². The molecule has 0 heterocycles. The molecule has 0 fully saturated rings. The predicted molar refractivity (Wildman–Crippen MR) is 284 cm³/mol. The van der Waals surface area contributed by atoms with Crippen LogP contribution in [0, 0.1) is 0 Å². The third kappa shape index (κ3) is 52.6. The highest BCUT2D eigenvalue weighted by Gasteiger charge is 2.19. The Labute approximate surface area is 410 Å². The molecule has 0 aromatic heterocycles. The van der Waals surface area contributed by atoms with Crippen LogP contribution in [-0.2, 0) is 28.6 Å². The van der Waals surface area contributed by atoms with E-state index >= 15 is 0 Å². The molecule has 6 heteroatoms. The van der Waals surface area contributed by atoms with Gasteiger partial charge in [0.05, 0.1) is 0 Å².